The molecule has 0 bridgehead atoms. The Balaban J connectivity index is 0.686. The van der Waals surface area contributed by atoms with Gasteiger partial charge in [-0.3, -0.25) is 29.7 Å². The fraction of sp³-hybridized carbons (Fsp3) is 0.375. The van der Waals surface area contributed by atoms with Gasteiger partial charge in [-0.05, 0) is 154 Å². The first-order valence-corrected chi connectivity index (χ1v) is 25.9. The number of aryl methyl sites for hydroxylation is 1. The molecule has 3 aromatic heterocycles. The van der Waals surface area contributed by atoms with E-state index in [1.54, 1.807) is 0 Å². The van der Waals surface area contributed by atoms with Gasteiger partial charge in [-0.15, -0.1) is 0 Å². The lowest BCUT2D eigenvalue weighted by Gasteiger charge is -2.31. The molecule has 4 aliphatic rings. The molecule has 364 valence electrons. The van der Waals surface area contributed by atoms with E-state index in [4.69, 9.17) is 14.8 Å². The van der Waals surface area contributed by atoms with Crippen molar-refractivity contribution >= 4 is 67.1 Å². The maximum atomic E-state index is 13.7. The molecule has 3 N–H and O–H groups in total. The molecule has 6 heterocycles. The number of carboxylic acids is 1. The lowest BCUT2D eigenvalue weighted by molar-refractivity contribution is -0.134. The lowest BCUT2D eigenvalue weighted by Crippen LogP contribution is -2.39. The van der Waals surface area contributed by atoms with Gasteiger partial charge in [0.25, 0.3) is 5.91 Å². The van der Waals surface area contributed by atoms with E-state index in [9.17, 15) is 24.3 Å². The molecule has 2 atom stereocenters. The number of carbonyl (C=O) groups excluding carboxylic acids is 3. The maximum absolute atomic E-state index is 13.7. The number of hydrogen-bond acceptors (Lipinski definition) is 11. The summed E-state index contributed by atoms with van der Waals surface area (Å²) in [5, 5.41) is 22.4. The minimum Gasteiger partial charge on any atom is -0.490 e. The zero-order chi connectivity index (χ0) is 48.8. The number of thiazole rings is 1. The molecule has 11 rings (SSSR count). The number of likely N-dealkylation sites (tertiary alicyclic amines) is 1. The van der Waals surface area contributed by atoms with Crippen LogP contribution in [0.25, 0.3) is 32.2 Å². The number of aromatic carboxylic acids is 1. The van der Waals surface area contributed by atoms with Crippen LogP contribution in [0.1, 0.15) is 118 Å². The van der Waals surface area contributed by atoms with Crippen LogP contribution in [0.3, 0.4) is 0 Å². The molecule has 0 spiro atoms. The molecule has 71 heavy (non-hydrogen) atoms. The number of nitrogens with zero attached hydrogens (tertiary/aromatic N) is 6. The number of piperidine rings is 1. The van der Waals surface area contributed by atoms with Crippen LogP contribution in [0.4, 0.5) is 10.9 Å². The van der Waals surface area contributed by atoms with E-state index in [0.29, 0.717) is 66.3 Å². The second kappa shape index (κ2) is 19.7. The first-order valence-electron chi connectivity index (χ1n) is 25.1. The fourth-order valence-electron chi connectivity index (χ4n) is 11.7. The standard InChI is InChI=1S/C56H58N8O6S/c1-33-38(40-22-24-48(58-51(40)55(68)69)64-30-27-35-10-5-13-41(44(35)32-64)53(66)60-56-57-45-15-3-4-17-47(45)71-56)11-7-16-46(33)70-37-20-18-34(19-21-37)9-8-28-63-29-26-36(31-63)39-12-6-14-42-50(61-62(2)52(39)42)43-23-25-49(65)59-54(43)67/h3-7,10-17,22,24,34,36-37,43H,8-9,18-21,23,25-32H2,1-2H3,(H,68,69)(H,57,60,66)(H,59,65,67)/t34?,36-,37?,43?/m0/s1. The molecule has 14 nitrogen and oxygen atoms in total. The molecule has 0 radical (unpaired) electrons. The van der Waals surface area contributed by atoms with Gasteiger partial charge in [0.1, 0.15) is 11.6 Å². The van der Waals surface area contributed by atoms with Crippen molar-refractivity contribution < 1.29 is 29.0 Å². The van der Waals surface area contributed by atoms with Crippen LogP contribution in [0.2, 0.25) is 0 Å². The molecule has 3 aliphatic heterocycles. The molecular formula is C56H58N8O6S. The van der Waals surface area contributed by atoms with E-state index in [0.717, 1.165) is 113 Å². The Bertz CT molecular complexity index is 3180. The van der Waals surface area contributed by atoms with Gasteiger partial charge in [0.05, 0.1) is 33.4 Å². The third-order valence-corrected chi connectivity index (χ3v) is 16.3. The van der Waals surface area contributed by atoms with Crippen LogP contribution in [-0.4, -0.2) is 85.7 Å². The van der Waals surface area contributed by atoms with Crippen molar-refractivity contribution in [1.82, 2.24) is 30.0 Å². The minimum atomic E-state index is -1.10. The molecular weight excluding hydrogens is 913 g/mol. The lowest BCUT2D eigenvalue weighted by atomic mass is 9.84. The van der Waals surface area contributed by atoms with Gasteiger partial charge >= 0.3 is 5.97 Å². The maximum Gasteiger partial charge on any atom is 0.355 e. The minimum absolute atomic E-state index is 0.0215. The van der Waals surface area contributed by atoms with Crippen LogP contribution < -0.4 is 20.3 Å². The van der Waals surface area contributed by atoms with Gasteiger partial charge in [0.2, 0.25) is 11.8 Å². The van der Waals surface area contributed by atoms with Crippen LogP contribution >= 0.6 is 11.3 Å². The van der Waals surface area contributed by atoms with Crippen LogP contribution in [0.15, 0.2) is 91.0 Å². The van der Waals surface area contributed by atoms with Crippen molar-refractivity contribution in [3.8, 4) is 16.9 Å². The summed E-state index contributed by atoms with van der Waals surface area (Å²) in [4.78, 5) is 65.1. The van der Waals surface area contributed by atoms with Gasteiger partial charge in [-0.25, -0.2) is 14.8 Å². The number of ether oxygens (including phenoxy) is 1. The fourth-order valence-corrected chi connectivity index (χ4v) is 12.5. The summed E-state index contributed by atoms with van der Waals surface area (Å²) >= 11 is 1.44. The normalized spacial score (nSPS) is 20.6. The molecule has 1 unspecified atom stereocenters. The molecule has 7 aromatic rings. The van der Waals surface area contributed by atoms with Crippen LogP contribution in [-0.2, 0) is 29.6 Å². The van der Waals surface area contributed by atoms with Gasteiger partial charge in [0, 0.05) is 49.6 Å². The molecule has 2 saturated heterocycles. The summed E-state index contributed by atoms with van der Waals surface area (Å²) in [6.07, 6.45) is 9.26. The number of pyridine rings is 1. The summed E-state index contributed by atoms with van der Waals surface area (Å²) in [7, 11) is 1.96. The van der Waals surface area contributed by atoms with E-state index in [2.05, 4.69) is 38.7 Å². The average Bonchev–Trinajstić information content (AvgIpc) is 4.11. The van der Waals surface area contributed by atoms with Gasteiger partial charge in [0.15, 0.2) is 10.8 Å². The number of benzene rings is 4. The second-order valence-electron chi connectivity index (χ2n) is 19.8. The Morgan fingerprint density at radius 3 is 2.54 bits per heavy atom. The van der Waals surface area contributed by atoms with Crippen molar-refractivity contribution in [2.45, 2.75) is 95.6 Å². The zero-order valence-electron chi connectivity index (χ0n) is 40.2. The van der Waals surface area contributed by atoms with Crippen LogP contribution in [0, 0.1) is 12.8 Å². The van der Waals surface area contributed by atoms with Crippen molar-refractivity contribution in [3.05, 3.63) is 130 Å². The number of hydrogen-bond donors (Lipinski definition) is 3. The Morgan fingerprint density at radius 2 is 1.70 bits per heavy atom. The van der Waals surface area contributed by atoms with E-state index in [1.165, 1.54) is 23.3 Å². The highest BCUT2D eigenvalue weighted by Crippen LogP contribution is 2.39. The molecule has 15 heteroatoms. The summed E-state index contributed by atoms with van der Waals surface area (Å²) in [5.74, 6) is 0.181. The predicted octanol–water partition coefficient (Wildman–Crippen LogP) is 9.79. The van der Waals surface area contributed by atoms with Crippen molar-refractivity contribution in [2.75, 3.05) is 36.4 Å². The number of fused-ring (bicyclic) bond motifs is 3. The first kappa shape index (κ1) is 46.4. The van der Waals surface area contributed by atoms with Crippen LogP contribution in [0.5, 0.6) is 5.75 Å². The zero-order valence-corrected chi connectivity index (χ0v) is 41.0. The quantitative estimate of drug-likeness (QED) is 0.0940. The summed E-state index contributed by atoms with van der Waals surface area (Å²) in [6, 6.07) is 29.6. The third-order valence-electron chi connectivity index (χ3n) is 15.4. The number of imide groups is 1. The summed E-state index contributed by atoms with van der Waals surface area (Å²) < 4.78 is 9.63. The number of rotatable bonds is 13. The molecule has 4 aromatic carbocycles. The topological polar surface area (TPSA) is 172 Å². The number of aromatic nitrogens is 4. The first-order chi connectivity index (χ1) is 34.5. The highest BCUT2D eigenvalue weighted by atomic mass is 32.1. The monoisotopic (exact) mass is 970 g/mol. The number of carbonyl (C=O) groups is 4. The van der Waals surface area contributed by atoms with Crippen molar-refractivity contribution in [3.63, 3.8) is 0 Å². The Hall–Kier alpha value is -6.97. The number of carboxylic acid groups (broad SMARTS) is 1. The van der Waals surface area contributed by atoms with E-state index < -0.39 is 11.9 Å². The average molecular weight is 971 g/mol. The SMILES string of the molecule is Cc1c(OC2CCC(CCCN3CC[C@H](c4cccc5c(C6CCC(=O)NC6=O)nn(C)c45)C3)CC2)cccc1-c1ccc(N2CCc3cccc(C(=O)Nc4nc5ccccc5s4)c3C2)nc1C(=O)O. The summed E-state index contributed by atoms with van der Waals surface area (Å²) in [5.41, 5.74) is 8.73. The largest absolute Gasteiger partial charge is 0.490 e. The number of anilines is 2. The Kier molecular flexibility index (Phi) is 12.9. The predicted molar refractivity (Wildman–Crippen MR) is 275 cm³/mol. The molecule has 3 fully saturated rings. The van der Waals surface area contributed by atoms with Crippen molar-refractivity contribution in [2.24, 2.45) is 13.0 Å². The summed E-state index contributed by atoms with van der Waals surface area (Å²) in [6.45, 7) is 6.19. The Labute approximate surface area is 416 Å². The van der Waals surface area contributed by atoms with E-state index >= 15 is 0 Å². The third kappa shape index (κ3) is 9.40. The van der Waals surface area contributed by atoms with Gasteiger partial charge in [-0.2, -0.15) is 5.10 Å². The van der Waals surface area contributed by atoms with Crippen molar-refractivity contribution in [1.29, 1.82) is 0 Å². The highest BCUT2D eigenvalue weighted by Gasteiger charge is 2.34. The molecule has 3 amide bonds. The number of nitrogens with one attached hydrogen (secondary N) is 2. The van der Waals surface area contributed by atoms with Gasteiger partial charge in [-0.1, -0.05) is 65.9 Å². The highest BCUT2D eigenvalue weighted by molar-refractivity contribution is 7.22. The second-order valence-corrected chi connectivity index (χ2v) is 20.8. The Morgan fingerprint density at radius 1 is 0.873 bits per heavy atom. The number of para-hydroxylation sites is 2. The van der Waals surface area contributed by atoms with Gasteiger partial charge < -0.3 is 19.6 Å². The van der Waals surface area contributed by atoms with E-state index in [1.807, 2.05) is 96.3 Å². The molecule has 1 saturated carbocycles. The number of amides is 3. The smallest absolute Gasteiger partial charge is 0.355 e. The molecule has 1 aliphatic carbocycles. The van der Waals surface area contributed by atoms with E-state index in [-0.39, 0.29) is 29.5 Å².